The summed E-state index contributed by atoms with van der Waals surface area (Å²) >= 11 is 6.50. The predicted octanol–water partition coefficient (Wildman–Crippen LogP) is 6.95. The van der Waals surface area contributed by atoms with E-state index in [1.807, 2.05) is 75.4 Å². The normalized spacial score (nSPS) is 12.3. The number of halogens is 1. The molecule has 0 aliphatic heterocycles. The Bertz CT molecular complexity index is 1170. The number of benzene rings is 3. The minimum atomic E-state index is -0.672. The van der Waals surface area contributed by atoms with Crippen LogP contribution in [0.4, 0.5) is 0 Å². The molecule has 3 rings (SSSR count). The Labute approximate surface area is 227 Å². The van der Waals surface area contributed by atoms with E-state index in [1.54, 1.807) is 4.90 Å². The first-order valence-corrected chi connectivity index (χ1v) is 13.4. The van der Waals surface area contributed by atoms with Crippen LogP contribution in [-0.2, 0) is 29.0 Å². The van der Waals surface area contributed by atoms with Gasteiger partial charge in [-0.05, 0) is 61.4 Å². The van der Waals surface area contributed by atoms with E-state index >= 15 is 0 Å². The van der Waals surface area contributed by atoms with Crippen molar-refractivity contribution in [2.24, 2.45) is 0 Å². The third-order valence-electron chi connectivity index (χ3n) is 6.34. The van der Waals surface area contributed by atoms with E-state index in [2.05, 4.69) is 43.4 Å². The van der Waals surface area contributed by atoms with Crippen LogP contribution in [0.1, 0.15) is 69.2 Å². The number of aryl methyl sites for hydroxylation is 1. The van der Waals surface area contributed by atoms with Crippen LogP contribution in [0.2, 0.25) is 5.02 Å². The first kappa shape index (κ1) is 28.5. The third-order valence-corrected chi connectivity index (χ3v) is 6.71. The van der Waals surface area contributed by atoms with Gasteiger partial charge in [-0.3, -0.25) is 9.59 Å². The van der Waals surface area contributed by atoms with E-state index in [9.17, 15) is 9.59 Å². The van der Waals surface area contributed by atoms with E-state index in [-0.39, 0.29) is 18.4 Å². The molecule has 2 amide bonds. The molecule has 196 valence electrons. The van der Waals surface area contributed by atoms with Crippen molar-refractivity contribution in [1.29, 1.82) is 0 Å². The summed E-state index contributed by atoms with van der Waals surface area (Å²) in [5, 5.41) is 3.68. The molecule has 0 aliphatic carbocycles. The highest BCUT2D eigenvalue weighted by Crippen LogP contribution is 2.22. The van der Waals surface area contributed by atoms with Gasteiger partial charge in [0.15, 0.2) is 0 Å². The molecule has 1 N–H and O–H groups in total. The van der Waals surface area contributed by atoms with Crippen molar-refractivity contribution < 1.29 is 9.59 Å². The smallest absolute Gasteiger partial charge is 0.243 e. The zero-order valence-electron chi connectivity index (χ0n) is 22.6. The summed E-state index contributed by atoms with van der Waals surface area (Å²) in [5.41, 5.74) is 3.77. The first-order chi connectivity index (χ1) is 17.5. The van der Waals surface area contributed by atoms with E-state index in [4.69, 9.17) is 11.6 Å². The van der Waals surface area contributed by atoms with Crippen LogP contribution >= 0.6 is 11.6 Å². The van der Waals surface area contributed by atoms with Crippen LogP contribution in [0.5, 0.6) is 0 Å². The van der Waals surface area contributed by atoms with Crippen molar-refractivity contribution in [2.75, 3.05) is 0 Å². The lowest BCUT2D eigenvalue weighted by molar-refractivity contribution is -0.141. The van der Waals surface area contributed by atoms with E-state index in [1.165, 1.54) is 5.56 Å². The molecule has 0 spiro atoms. The summed E-state index contributed by atoms with van der Waals surface area (Å²) in [6.07, 6.45) is 1.33. The van der Waals surface area contributed by atoms with E-state index in [0.717, 1.165) is 16.7 Å². The maximum absolute atomic E-state index is 13.8. The molecule has 0 aromatic heterocycles. The molecule has 4 nitrogen and oxygen atoms in total. The number of rotatable bonds is 10. The molecule has 3 aromatic carbocycles. The fourth-order valence-corrected chi connectivity index (χ4v) is 4.48. The minimum absolute atomic E-state index is 0.0714. The van der Waals surface area contributed by atoms with Gasteiger partial charge < -0.3 is 10.2 Å². The third kappa shape index (κ3) is 8.75. The van der Waals surface area contributed by atoms with Crippen LogP contribution in [0.3, 0.4) is 0 Å². The molecule has 5 heteroatoms. The van der Waals surface area contributed by atoms with Gasteiger partial charge in [-0.1, -0.05) is 98.2 Å². The number of amides is 2. The number of hydrogen-bond donors (Lipinski definition) is 1. The van der Waals surface area contributed by atoms with Crippen molar-refractivity contribution in [3.63, 3.8) is 0 Å². The molecule has 0 aliphatic rings. The lowest BCUT2D eigenvalue weighted by atomic mass is 9.98. The van der Waals surface area contributed by atoms with Crippen LogP contribution in [0, 0.1) is 0 Å². The number of carbonyl (C=O) groups excluding carboxylic acids is 2. The van der Waals surface area contributed by atoms with Crippen molar-refractivity contribution >= 4 is 23.4 Å². The Morgan fingerprint density at radius 1 is 0.865 bits per heavy atom. The van der Waals surface area contributed by atoms with Gasteiger partial charge in [0.05, 0.1) is 0 Å². The summed E-state index contributed by atoms with van der Waals surface area (Å²) in [6, 6.07) is 25.1. The predicted molar refractivity (Wildman–Crippen MR) is 153 cm³/mol. The molecule has 1 atom stereocenters. The Morgan fingerprint density at radius 3 is 2.08 bits per heavy atom. The quantitative estimate of drug-likeness (QED) is 0.315. The van der Waals surface area contributed by atoms with Gasteiger partial charge in [-0.2, -0.15) is 0 Å². The van der Waals surface area contributed by atoms with Crippen molar-refractivity contribution in [2.45, 2.75) is 77.9 Å². The Hall–Kier alpha value is -3.11. The summed E-state index contributed by atoms with van der Waals surface area (Å²) in [4.78, 5) is 29.1. The van der Waals surface area contributed by atoms with Crippen LogP contribution in [0.25, 0.3) is 0 Å². The minimum Gasteiger partial charge on any atom is -0.350 e. The molecule has 0 bridgehead atoms. The first-order valence-electron chi connectivity index (χ1n) is 13.0. The van der Waals surface area contributed by atoms with Gasteiger partial charge in [0, 0.05) is 29.9 Å². The van der Waals surface area contributed by atoms with Crippen LogP contribution in [0.15, 0.2) is 78.9 Å². The zero-order chi connectivity index (χ0) is 27.0. The van der Waals surface area contributed by atoms with Gasteiger partial charge in [0.25, 0.3) is 0 Å². The number of carbonyl (C=O) groups is 2. The molecule has 0 heterocycles. The average molecular weight is 519 g/mol. The fraction of sp³-hybridized carbons (Fsp3) is 0.375. The van der Waals surface area contributed by atoms with Gasteiger partial charge in [-0.25, -0.2) is 0 Å². The summed E-state index contributed by atoms with van der Waals surface area (Å²) < 4.78 is 0. The maximum Gasteiger partial charge on any atom is 0.243 e. The second-order valence-corrected chi connectivity index (χ2v) is 11.4. The topological polar surface area (TPSA) is 49.4 Å². The average Bonchev–Trinajstić information content (AvgIpc) is 2.85. The van der Waals surface area contributed by atoms with Gasteiger partial charge in [0.2, 0.25) is 11.8 Å². The SMILES string of the molecule is CC(C)c1ccc(CCC(=O)N(Cc2ccccc2Cl)C(Cc2ccccc2)C(=O)NC(C)(C)C)cc1. The molecule has 37 heavy (non-hydrogen) atoms. The maximum atomic E-state index is 13.8. The second-order valence-electron chi connectivity index (χ2n) is 11.0. The molecular weight excluding hydrogens is 480 g/mol. The van der Waals surface area contributed by atoms with Crippen LogP contribution in [-0.4, -0.2) is 28.3 Å². The van der Waals surface area contributed by atoms with E-state index in [0.29, 0.717) is 30.2 Å². The lowest BCUT2D eigenvalue weighted by Crippen LogP contribution is -2.54. The molecule has 1 unspecified atom stereocenters. The molecule has 0 saturated heterocycles. The van der Waals surface area contributed by atoms with Gasteiger partial charge in [0.1, 0.15) is 6.04 Å². The largest absolute Gasteiger partial charge is 0.350 e. The van der Waals surface area contributed by atoms with Crippen LogP contribution < -0.4 is 5.32 Å². The number of nitrogens with one attached hydrogen (secondary N) is 1. The van der Waals surface area contributed by atoms with Crippen molar-refractivity contribution in [1.82, 2.24) is 10.2 Å². The fourth-order valence-electron chi connectivity index (χ4n) is 4.28. The van der Waals surface area contributed by atoms with Gasteiger partial charge in [-0.15, -0.1) is 0 Å². The second kappa shape index (κ2) is 12.9. The van der Waals surface area contributed by atoms with Crippen molar-refractivity contribution in [3.8, 4) is 0 Å². The Balaban J connectivity index is 1.91. The molecule has 0 radical (unpaired) electrons. The zero-order valence-corrected chi connectivity index (χ0v) is 23.4. The molecule has 3 aromatic rings. The number of nitrogens with zero attached hydrogens (tertiary/aromatic N) is 1. The van der Waals surface area contributed by atoms with Crippen molar-refractivity contribution in [3.05, 3.63) is 106 Å². The Kier molecular flexibility index (Phi) is 9.93. The summed E-state index contributed by atoms with van der Waals surface area (Å²) in [7, 11) is 0. The highest BCUT2D eigenvalue weighted by Gasteiger charge is 2.32. The van der Waals surface area contributed by atoms with E-state index < -0.39 is 11.6 Å². The highest BCUT2D eigenvalue weighted by atomic mass is 35.5. The lowest BCUT2D eigenvalue weighted by Gasteiger charge is -2.34. The molecular formula is C32H39ClN2O2. The van der Waals surface area contributed by atoms with Gasteiger partial charge >= 0.3 is 0 Å². The number of hydrogen-bond acceptors (Lipinski definition) is 2. The standard InChI is InChI=1S/C32H39ClN2O2/c1-23(2)26-18-15-24(16-19-26)17-20-30(36)35(22-27-13-9-10-14-28(27)33)29(31(37)34-32(3,4)5)21-25-11-7-6-8-12-25/h6-16,18-19,23,29H,17,20-22H2,1-5H3,(H,34,37). The molecule has 0 fully saturated rings. The summed E-state index contributed by atoms with van der Waals surface area (Å²) in [5.74, 6) is 0.220. The summed E-state index contributed by atoms with van der Waals surface area (Å²) in [6.45, 7) is 10.4. The monoisotopic (exact) mass is 518 g/mol. The Morgan fingerprint density at radius 2 is 1.49 bits per heavy atom. The highest BCUT2D eigenvalue weighted by molar-refractivity contribution is 6.31. The molecule has 0 saturated carbocycles.